The van der Waals surface area contributed by atoms with E-state index >= 15 is 0 Å². The van der Waals surface area contributed by atoms with Crippen molar-refractivity contribution in [2.75, 3.05) is 23.4 Å². The van der Waals surface area contributed by atoms with Gasteiger partial charge in [0.25, 0.3) is 0 Å². The first-order chi connectivity index (χ1) is 7.75. The van der Waals surface area contributed by atoms with E-state index in [0.29, 0.717) is 0 Å². The van der Waals surface area contributed by atoms with Gasteiger partial charge in [-0.25, -0.2) is 0 Å². The largest absolute Gasteiger partial charge is 0.487 e. The highest BCUT2D eigenvalue weighted by molar-refractivity contribution is 7.99. The normalized spacial score (nSPS) is 27.6. The van der Waals surface area contributed by atoms with Gasteiger partial charge in [-0.05, 0) is 37.1 Å². The van der Waals surface area contributed by atoms with Gasteiger partial charge < -0.3 is 10.1 Å². The zero-order valence-corrected chi connectivity index (χ0v) is 10.4. The summed E-state index contributed by atoms with van der Waals surface area (Å²) in [5.41, 5.74) is 2.71. The van der Waals surface area contributed by atoms with Gasteiger partial charge in [0.15, 0.2) is 0 Å². The highest BCUT2D eigenvalue weighted by atomic mass is 32.2. The number of rotatable bonds is 2. The van der Waals surface area contributed by atoms with Crippen LogP contribution in [0, 0.1) is 0 Å². The summed E-state index contributed by atoms with van der Waals surface area (Å²) in [7, 11) is 0. The van der Waals surface area contributed by atoms with Crippen molar-refractivity contribution in [3.8, 4) is 5.75 Å². The smallest absolute Gasteiger partial charge is 0.122 e. The zero-order valence-electron chi connectivity index (χ0n) is 9.58. The Bertz CT molecular complexity index is 399. The van der Waals surface area contributed by atoms with Gasteiger partial charge in [0.1, 0.15) is 11.4 Å². The minimum atomic E-state index is 0.0392. The van der Waals surface area contributed by atoms with Crippen molar-refractivity contribution in [1.29, 1.82) is 0 Å². The Morgan fingerprint density at radius 1 is 1.44 bits per heavy atom. The summed E-state index contributed by atoms with van der Waals surface area (Å²) in [5.74, 6) is 3.34. The molecule has 0 amide bonds. The van der Waals surface area contributed by atoms with Crippen LogP contribution in [0.3, 0.4) is 0 Å². The molecule has 0 bridgehead atoms. The van der Waals surface area contributed by atoms with E-state index in [0.717, 1.165) is 30.9 Å². The van der Waals surface area contributed by atoms with Crippen LogP contribution in [0.2, 0.25) is 0 Å². The van der Waals surface area contributed by atoms with E-state index in [1.807, 2.05) is 11.8 Å². The number of nitrogens with one attached hydrogen (secondary N) is 1. The lowest BCUT2D eigenvalue weighted by atomic mass is 10.1. The maximum atomic E-state index is 6.13. The Hall–Kier alpha value is -0.830. The Balaban J connectivity index is 1.80. The second-order valence-corrected chi connectivity index (χ2v) is 5.96. The molecule has 2 heterocycles. The summed E-state index contributed by atoms with van der Waals surface area (Å²) in [5, 5.41) is 3.39. The molecule has 0 saturated carbocycles. The summed E-state index contributed by atoms with van der Waals surface area (Å²) in [6.45, 7) is 3.28. The standard InChI is InChI=1S/C13H17NOS/c1-13(5-7-16-9-13)15-11-3-2-10-4-6-14-12(10)8-11/h2-3,8,14H,4-7,9H2,1H3. The van der Waals surface area contributed by atoms with E-state index in [1.165, 1.54) is 17.0 Å². The van der Waals surface area contributed by atoms with Crippen LogP contribution in [-0.2, 0) is 6.42 Å². The van der Waals surface area contributed by atoms with Crippen LogP contribution in [0.25, 0.3) is 0 Å². The molecule has 1 unspecified atom stereocenters. The maximum Gasteiger partial charge on any atom is 0.122 e. The molecule has 1 atom stereocenters. The van der Waals surface area contributed by atoms with Crippen molar-refractivity contribution in [1.82, 2.24) is 0 Å². The number of benzene rings is 1. The molecule has 1 aromatic carbocycles. The van der Waals surface area contributed by atoms with Gasteiger partial charge in [-0.3, -0.25) is 0 Å². The first-order valence-corrected chi connectivity index (χ1v) is 7.04. The minimum absolute atomic E-state index is 0.0392. The SMILES string of the molecule is CC1(Oc2ccc3c(c2)NCC3)CCSC1. The molecule has 16 heavy (non-hydrogen) atoms. The van der Waals surface area contributed by atoms with Gasteiger partial charge >= 0.3 is 0 Å². The summed E-state index contributed by atoms with van der Waals surface area (Å²) < 4.78 is 6.13. The number of thioether (sulfide) groups is 1. The van der Waals surface area contributed by atoms with Crippen LogP contribution in [0.5, 0.6) is 5.75 Å². The molecule has 86 valence electrons. The Morgan fingerprint density at radius 2 is 2.38 bits per heavy atom. The predicted octanol–water partition coefficient (Wildman–Crippen LogP) is 2.93. The van der Waals surface area contributed by atoms with Crippen LogP contribution in [0.1, 0.15) is 18.9 Å². The predicted molar refractivity (Wildman–Crippen MR) is 69.6 cm³/mol. The Morgan fingerprint density at radius 3 is 3.19 bits per heavy atom. The first-order valence-electron chi connectivity index (χ1n) is 5.89. The van der Waals surface area contributed by atoms with Crippen molar-refractivity contribution >= 4 is 17.4 Å². The molecule has 1 aromatic rings. The molecule has 0 aliphatic carbocycles. The van der Waals surface area contributed by atoms with Crippen molar-refractivity contribution in [3.05, 3.63) is 23.8 Å². The van der Waals surface area contributed by atoms with E-state index < -0.39 is 0 Å². The van der Waals surface area contributed by atoms with E-state index in [9.17, 15) is 0 Å². The summed E-state index contributed by atoms with van der Waals surface area (Å²) in [4.78, 5) is 0. The third-order valence-corrected chi connectivity index (χ3v) is 4.65. The fraction of sp³-hybridized carbons (Fsp3) is 0.538. The highest BCUT2D eigenvalue weighted by Gasteiger charge is 2.31. The van der Waals surface area contributed by atoms with Gasteiger partial charge in [0, 0.05) is 24.1 Å². The van der Waals surface area contributed by atoms with Gasteiger partial charge in [0.05, 0.1) is 0 Å². The third kappa shape index (κ3) is 1.88. The van der Waals surface area contributed by atoms with Gasteiger partial charge in [-0.1, -0.05) is 6.07 Å². The number of hydrogen-bond donors (Lipinski definition) is 1. The summed E-state index contributed by atoms with van der Waals surface area (Å²) in [6, 6.07) is 6.45. The van der Waals surface area contributed by atoms with Crippen molar-refractivity contribution < 1.29 is 4.74 Å². The number of hydrogen-bond acceptors (Lipinski definition) is 3. The lowest BCUT2D eigenvalue weighted by Crippen LogP contribution is -2.31. The van der Waals surface area contributed by atoms with E-state index in [1.54, 1.807) is 0 Å². The molecule has 2 nitrogen and oxygen atoms in total. The van der Waals surface area contributed by atoms with E-state index in [4.69, 9.17) is 4.74 Å². The molecule has 0 aromatic heterocycles. The highest BCUT2D eigenvalue weighted by Crippen LogP contribution is 2.34. The molecule has 3 rings (SSSR count). The van der Waals surface area contributed by atoms with E-state index in [2.05, 4.69) is 30.4 Å². The molecule has 1 saturated heterocycles. The van der Waals surface area contributed by atoms with Gasteiger partial charge in [0.2, 0.25) is 0 Å². The molecule has 0 radical (unpaired) electrons. The molecule has 2 aliphatic rings. The van der Waals surface area contributed by atoms with Crippen LogP contribution in [-0.4, -0.2) is 23.7 Å². The number of fused-ring (bicyclic) bond motifs is 1. The quantitative estimate of drug-likeness (QED) is 0.851. The van der Waals surface area contributed by atoms with Crippen LogP contribution < -0.4 is 10.1 Å². The lowest BCUT2D eigenvalue weighted by molar-refractivity contribution is 0.118. The number of ether oxygens (including phenoxy) is 1. The molecule has 2 aliphatic heterocycles. The van der Waals surface area contributed by atoms with Crippen molar-refractivity contribution in [2.24, 2.45) is 0 Å². The van der Waals surface area contributed by atoms with Crippen molar-refractivity contribution in [3.63, 3.8) is 0 Å². The Kier molecular flexibility index (Phi) is 2.51. The topological polar surface area (TPSA) is 21.3 Å². The lowest BCUT2D eigenvalue weighted by Gasteiger charge is -2.25. The van der Waals surface area contributed by atoms with Gasteiger partial charge in [-0.2, -0.15) is 11.8 Å². The monoisotopic (exact) mass is 235 g/mol. The third-order valence-electron chi connectivity index (χ3n) is 3.34. The second kappa shape index (κ2) is 3.88. The molecule has 1 fully saturated rings. The zero-order chi connectivity index (χ0) is 11.0. The van der Waals surface area contributed by atoms with Crippen LogP contribution in [0.15, 0.2) is 18.2 Å². The average Bonchev–Trinajstić information content (AvgIpc) is 2.86. The number of anilines is 1. The van der Waals surface area contributed by atoms with Gasteiger partial charge in [-0.15, -0.1) is 0 Å². The molecular weight excluding hydrogens is 218 g/mol. The Labute approximate surface area is 101 Å². The van der Waals surface area contributed by atoms with Crippen molar-refractivity contribution in [2.45, 2.75) is 25.4 Å². The fourth-order valence-corrected chi connectivity index (χ4v) is 3.70. The molecular formula is C13H17NOS. The second-order valence-electron chi connectivity index (χ2n) is 4.85. The average molecular weight is 235 g/mol. The first kappa shape index (κ1) is 10.3. The molecule has 1 N–H and O–H groups in total. The minimum Gasteiger partial charge on any atom is -0.487 e. The summed E-state index contributed by atoms with van der Waals surface area (Å²) in [6.07, 6.45) is 2.30. The maximum absolute atomic E-state index is 6.13. The molecule has 0 spiro atoms. The fourth-order valence-electron chi connectivity index (χ4n) is 2.35. The van der Waals surface area contributed by atoms with Crippen LogP contribution >= 0.6 is 11.8 Å². The van der Waals surface area contributed by atoms with Crippen LogP contribution in [0.4, 0.5) is 5.69 Å². The van der Waals surface area contributed by atoms with E-state index in [-0.39, 0.29) is 5.60 Å². The summed E-state index contributed by atoms with van der Waals surface area (Å²) >= 11 is 1.99. The molecule has 3 heteroatoms.